The van der Waals surface area contributed by atoms with E-state index in [0.29, 0.717) is 6.04 Å². The molecular formula is C10H17N3S. The van der Waals surface area contributed by atoms with Crippen molar-refractivity contribution >= 4 is 16.5 Å². The van der Waals surface area contributed by atoms with Gasteiger partial charge in [-0.05, 0) is 25.8 Å². The molecule has 4 heteroatoms. The minimum Gasteiger partial charge on any atom is -0.375 e. The Labute approximate surface area is 88.7 Å². The highest BCUT2D eigenvalue weighted by Gasteiger charge is 2.21. The zero-order valence-corrected chi connectivity index (χ0v) is 9.36. The molecule has 0 spiro atoms. The van der Waals surface area contributed by atoms with Crippen molar-refractivity contribution in [3.63, 3.8) is 0 Å². The third kappa shape index (κ3) is 2.07. The third-order valence-corrected chi connectivity index (χ3v) is 3.62. The Morgan fingerprint density at radius 2 is 2.50 bits per heavy atom. The molecule has 1 aromatic rings. The number of aromatic nitrogens is 1. The first-order chi connectivity index (χ1) is 6.79. The van der Waals surface area contributed by atoms with Crippen molar-refractivity contribution in [1.29, 1.82) is 0 Å². The average molecular weight is 211 g/mol. The molecule has 0 fully saturated rings. The predicted molar refractivity (Wildman–Crippen MR) is 60.6 cm³/mol. The van der Waals surface area contributed by atoms with Crippen LogP contribution in [0.3, 0.4) is 0 Å². The number of hydrogen-bond acceptors (Lipinski definition) is 4. The molecule has 0 unspecified atom stereocenters. The highest BCUT2D eigenvalue weighted by atomic mass is 32.1. The molecule has 0 aliphatic heterocycles. The molecule has 0 radical (unpaired) electrons. The summed E-state index contributed by atoms with van der Waals surface area (Å²) in [5, 5.41) is 4.27. The molecule has 0 aromatic carbocycles. The molecule has 1 heterocycles. The van der Waals surface area contributed by atoms with E-state index in [4.69, 9.17) is 5.73 Å². The third-order valence-electron chi connectivity index (χ3n) is 2.64. The lowest BCUT2D eigenvalue weighted by Crippen LogP contribution is -2.34. The van der Waals surface area contributed by atoms with E-state index < -0.39 is 0 Å². The second kappa shape index (κ2) is 4.28. The fourth-order valence-electron chi connectivity index (χ4n) is 1.92. The van der Waals surface area contributed by atoms with Crippen LogP contribution in [0.4, 0.5) is 5.13 Å². The van der Waals surface area contributed by atoms with Crippen molar-refractivity contribution in [2.75, 3.05) is 12.3 Å². The Morgan fingerprint density at radius 3 is 3.29 bits per heavy atom. The molecule has 0 amide bonds. The van der Waals surface area contributed by atoms with E-state index >= 15 is 0 Å². The summed E-state index contributed by atoms with van der Waals surface area (Å²) in [5.41, 5.74) is 6.92. The van der Waals surface area contributed by atoms with Crippen molar-refractivity contribution < 1.29 is 0 Å². The van der Waals surface area contributed by atoms with Crippen LogP contribution in [0.1, 0.15) is 30.3 Å². The van der Waals surface area contributed by atoms with E-state index in [9.17, 15) is 0 Å². The first-order valence-corrected chi connectivity index (χ1v) is 6.08. The van der Waals surface area contributed by atoms with Crippen LogP contribution in [0, 0.1) is 0 Å². The van der Waals surface area contributed by atoms with Gasteiger partial charge in [-0.15, -0.1) is 11.3 Å². The summed E-state index contributed by atoms with van der Waals surface area (Å²) in [6.07, 6.45) is 4.63. The van der Waals surface area contributed by atoms with Crippen molar-refractivity contribution in [3.05, 3.63) is 10.6 Å². The summed E-state index contributed by atoms with van der Waals surface area (Å²) < 4.78 is 0. The minimum atomic E-state index is 0.615. The second-order valence-electron chi connectivity index (χ2n) is 3.82. The maximum atomic E-state index is 5.69. The number of nitrogens with zero attached hydrogens (tertiary/aromatic N) is 1. The molecule has 1 atom stereocenters. The standard InChI is InChI=1S/C10H17N3S/c1-2-5-12-7-3-4-9-8(6-7)13-10(11)14-9/h7,12H,2-6H2,1H3,(H2,11,13)/t7-/m0/s1. The second-order valence-corrected chi connectivity index (χ2v) is 4.93. The van der Waals surface area contributed by atoms with Crippen LogP contribution in [0.15, 0.2) is 0 Å². The SMILES string of the molecule is CCCN[C@H]1CCc2sc(N)nc2C1. The lowest BCUT2D eigenvalue weighted by atomic mass is 9.97. The van der Waals surface area contributed by atoms with Gasteiger partial charge >= 0.3 is 0 Å². The molecule has 0 saturated heterocycles. The van der Waals surface area contributed by atoms with E-state index in [1.165, 1.54) is 23.4 Å². The molecule has 3 N–H and O–H groups in total. The van der Waals surface area contributed by atoms with Gasteiger partial charge in [-0.2, -0.15) is 0 Å². The van der Waals surface area contributed by atoms with Gasteiger partial charge in [0.2, 0.25) is 0 Å². The summed E-state index contributed by atoms with van der Waals surface area (Å²) in [4.78, 5) is 5.77. The Hall–Kier alpha value is -0.610. The molecule has 0 bridgehead atoms. The maximum Gasteiger partial charge on any atom is 0.180 e. The van der Waals surface area contributed by atoms with Gasteiger partial charge < -0.3 is 11.1 Å². The number of rotatable bonds is 3. The average Bonchev–Trinajstić information content (AvgIpc) is 2.54. The monoisotopic (exact) mass is 211 g/mol. The van der Waals surface area contributed by atoms with E-state index in [2.05, 4.69) is 17.2 Å². The number of thiazole rings is 1. The zero-order valence-electron chi connectivity index (χ0n) is 8.55. The van der Waals surface area contributed by atoms with Crippen molar-refractivity contribution in [1.82, 2.24) is 10.3 Å². The summed E-state index contributed by atoms with van der Waals surface area (Å²) in [6, 6.07) is 0.615. The van der Waals surface area contributed by atoms with Gasteiger partial charge in [0.05, 0.1) is 5.69 Å². The van der Waals surface area contributed by atoms with E-state index in [1.54, 1.807) is 11.3 Å². The van der Waals surface area contributed by atoms with Crippen molar-refractivity contribution in [2.24, 2.45) is 0 Å². The number of anilines is 1. The van der Waals surface area contributed by atoms with Gasteiger partial charge in [0, 0.05) is 17.3 Å². The topological polar surface area (TPSA) is 50.9 Å². The fraction of sp³-hybridized carbons (Fsp3) is 0.700. The van der Waals surface area contributed by atoms with Gasteiger partial charge in [0.1, 0.15) is 0 Å². The van der Waals surface area contributed by atoms with Gasteiger partial charge in [-0.3, -0.25) is 0 Å². The number of fused-ring (bicyclic) bond motifs is 1. The summed E-state index contributed by atoms with van der Waals surface area (Å²) in [7, 11) is 0. The molecular weight excluding hydrogens is 194 g/mol. The Kier molecular flexibility index (Phi) is 3.03. The summed E-state index contributed by atoms with van der Waals surface area (Å²) in [5.74, 6) is 0. The van der Waals surface area contributed by atoms with Crippen LogP contribution in [0.5, 0.6) is 0 Å². The van der Waals surface area contributed by atoms with Gasteiger partial charge in [0.15, 0.2) is 5.13 Å². The summed E-state index contributed by atoms with van der Waals surface area (Å²) in [6.45, 7) is 3.31. The largest absolute Gasteiger partial charge is 0.375 e. The van der Waals surface area contributed by atoms with Gasteiger partial charge in [0.25, 0.3) is 0 Å². The van der Waals surface area contributed by atoms with E-state index in [1.807, 2.05) is 0 Å². The number of nitrogens with one attached hydrogen (secondary N) is 1. The van der Waals surface area contributed by atoms with Crippen molar-refractivity contribution in [3.8, 4) is 0 Å². The number of nitrogens with two attached hydrogens (primary N) is 1. The molecule has 3 nitrogen and oxygen atoms in total. The molecule has 1 aromatic heterocycles. The number of nitrogen functional groups attached to an aromatic ring is 1. The van der Waals surface area contributed by atoms with E-state index in [-0.39, 0.29) is 0 Å². The van der Waals surface area contributed by atoms with Crippen LogP contribution in [0.2, 0.25) is 0 Å². The van der Waals surface area contributed by atoms with Crippen LogP contribution in [0.25, 0.3) is 0 Å². The van der Waals surface area contributed by atoms with Crippen molar-refractivity contribution in [2.45, 2.75) is 38.6 Å². The Morgan fingerprint density at radius 1 is 1.64 bits per heavy atom. The number of hydrogen-bond donors (Lipinski definition) is 2. The Bertz CT molecular complexity index is 308. The highest BCUT2D eigenvalue weighted by Crippen LogP contribution is 2.27. The van der Waals surface area contributed by atoms with Gasteiger partial charge in [-0.1, -0.05) is 6.92 Å². The quantitative estimate of drug-likeness (QED) is 0.798. The molecule has 1 aliphatic rings. The van der Waals surface area contributed by atoms with Gasteiger partial charge in [-0.25, -0.2) is 4.98 Å². The molecule has 1 aliphatic carbocycles. The smallest absolute Gasteiger partial charge is 0.180 e. The van der Waals surface area contributed by atoms with E-state index in [0.717, 1.165) is 24.5 Å². The van der Waals surface area contributed by atoms with Crippen LogP contribution >= 0.6 is 11.3 Å². The molecule has 0 saturated carbocycles. The summed E-state index contributed by atoms with van der Waals surface area (Å²) >= 11 is 1.65. The first kappa shape index (κ1) is 9.93. The Balaban J connectivity index is 1.98. The fourth-order valence-corrected chi connectivity index (χ4v) is 2.80. The highest BCUT2D eigenvalue weighted by molar-refractivity contribution is 7.15. The molecule has 2 rings (SSSR count). The first-order valence-electron chi connectivity index (χ1n) is 5.27. The van der Waals surface area contributed by atoms with Crippen LogP contribution < -0.4 is 11.1 Å². The minimum absolute atomic E-state index is 0.615. The zero-order chi connectivity index (χ0) is 9.97. The predicted octanol–water partition coefficient (Wildman–Crippen LogP) is 1.58. The molecule has 78 valence electrons. The lowest BCUT2D eigenvalue weighted by Gasteiger charge is -2.21. The number of aryl methyl sites for hydroxylation is 1. The molecule has 14 heavy (non-hydrogen) atoms. The van der Waals surface area contributed by atoms with Crippen LogP contribution in [-0.2, 0) is 12.8 Å². The maximum absolute atomic E-state index is 5.69. The lowest BCUT2D eigenvalue weighted by molar-refractivity contribution is 0.457. The normalized spacial score (nSPS) is 20.8. The van der Waals surface area contributed by atoms with Crippen LogP contribution in [-0.4, -0.2) is 17.6 Å².